The lowest BCUT2D eigenvalue weighted by Crippen LogP contribution is -2.39. The molecule has 0 aromatic heterocycles. The van der Waals surface area contributed by atoms with E-state index < -0.39 is 18.0 Å². The Morgan fingerprint density at radius 1 is 1.45 bits per heavy atom. The van der Waals surface area contributed by atoms with E-state index in [4.69, 9.17) is 10.2 Å². The Morgan fingerprint density at radius 2 is 2.00 bits per heavy atom. The summed E-state index contributed by atoms with van der Waals surface area (Å²) in [6, 6.07) is -0.758. The number of hydrogen-bond donors (Lipinski definition) is 3. The zero-order chi connectivity index (χ0) is 8.85. The minimum atomic E-state index is -1.05. The SMILES string of the molecule is CCC(NCC(=O)O)C(=O)O. The van der Waals surface area contributed by atoms with Crippen molar-refractivity contribution in [1.29, 1.82) is 0 Å². The first-order valence-corrected chi connectivity index (χ1v) is 3.26. The van der Waals surface area contributed by atoms with Gasteiger partial charge in [0, 0.05) is 0 Å². The smallest absolute Gasteiger partial charge is 0.320 e. The summed E-state index contributed by atoms with van der Waals surface area (Å²) < 4.78 is 0. The molecule has 0 aliphatic rings. The van der Waals surface area contributed by atoms with Crippen molar-refractivity contribution in [2.75, 3.05) is 6.54 Å². The van der Waals surface area contributed by atoms with Crippen LogP contribution in [0.2, 0.25) is 0 Å². The van der Waals surface area contributed by atoms with Gasteiger partial charge in [-0.05, 0) is 6.42 Å². The molecule has 0 amide bonds. The van der Waals surface area contributed by atoms with Gasteiger partial charge < -0.3 is 10.2 Å². The highest BCUT2D eigenvalue weighted by Crippen LogP contribution is 1.88. The average Bonchev–Trinajstić information content (AvgIpc) is 1.87. The van der Waals surface area contributed by atoms with Crippen LogP contribution in [0, 0.1) is 0 Å². The summed E-state index contributed by atoms with van der Waals surface area (Å²) in [5.74, 6) is -2.07. The van der Waals surface area contributed by atoms with Crippen LogP contribution in [0.25, 0.3) is 0 Å². The number of carboxylic acid groups (broad SMARTS) is 2. The molecule has 1 atom stereocenters. The molecule has 0 saturated heterocycles. The third kappa shape index (κ3) is 4.32. The quantitative estimate of drug-likeness (QED) is 0.507. The summed E-state index contributed by atoms with van der Waals surface area (Å²) in [6.07, 6.45) is 0.378. The molecule has 0 aliphatic heterocycles. The topological polar surface area (TPSA) is 86.6 Å². The van der Waals surface area contributed by atoms with Crippen LogP contribution in [0.4, 0.5) is 0 Å². The molecule has 5 heteroatoms. The lowest BCUT2D eigenvalue weighted by Gasteiger charge is -2.08. The van der Waals surface area contributed by atoms with Crippen LogP contribution in [-0.2, 0) is 9.59 Å². The minimum Gasteiger partial charge on any atom is -0.480 e. The van der Waals surface area contributed by atoms with Crippen LogP contribution >= 0.6 is 0 Å². The van der Waals surface area contributed by atoms with Crippen molar-refractivity contribution in [3.63, 3.8) is 0 Å². The largest absolute Gasteiger partial charge is 0.480 e. The Bertz CT molecular complexity index is 157. The van der Waals surface area contributed by atoms with Gasteiger partial charge in [0.15, 0.2) is 0 Å². The van der Waals surface area contributed by atoms with Crippen molar-refractivity contribution in [2.24, 2.45) is 0 Å². The summed E-state index contributed by atoms with van der Waals surface area (Å²) in [6.45, 7) is 1.36. The Hall–Kier alpha value is -1.10. The van der Waals surface area contributed by atoms with E-state index in [1.165, 1.54) is 0 Å². The first kappa shape index (κ1) is 9.90. The van der Waals surface area contributed by atoms with Gasteiger partial charge in [0.25, 0.3) is 0 Å². The van der Waals surface area contributed by atoms with E-state index in [-0.39, 0.29) is 6.54 Å². The third-order valence-electron chi connectivity index (χ3n) is 1.21. The van der Waals surface area contributed by atoms with Crippen LogP contribution in [0.1, 0.15) is 13.3 Å². The van der Waals surface area contributed by atoms with Crippen LogP contribution in [0.3, 0.4) is 0 Å². The maximum Gasteiger partial charge on any atom is 0.320 e. The molecule has 0 bridgehead atoms. The van der Waals surface area contributed by atoms with Gasteiger partial charge in [-0.1, -0.05) is 6.92 Å². The zero-order valence-electron chi connectivity index (χ0n) is 6.20. The fourth-order valence-corrected chi connectivity index (χ4v) is 0.617. The molecular weight excluding hydrogens is 150 g/mol. The molecule has 0 saturated carbocycles. The molecule has 0 fully saturated rings. The lowest BCUT2D eigenvalue weighted by atomic mass is 10.2. The molecule has 0 aromatic carbocycles. The standard InChI is InChI=1S/C6H11NO4/c1-2-4(6(10)11)7-3-5(8)9/h4,7H,2-3H2,1H3,(H,8,9)(H,10,11). The number of aliphatic carboxylic acids is 2. The maximum absolute atomic E-state index is 10.3. The van der Waals surface area contributed by atoms with E-state index >= 15 is 0 Å². The second kappa shape index (κ2) is 4.68. The molecule has 0 spiro atoms. The van der Waals surface area contributed by atoms with E-state index in [1.807, 2.05) is 0 Å². The van der Waals surface area contributed by atoms with Crippen molar-refractivity contribution < 1.29 is 19.8 Å². The Kier molecular flexibility index (Phi) is 4.21. The molecule has 0 radical (unpaired) electrons. The highest BCUT2D eigenvalue weighted by molar-refractivity contribution is 5.75. The Morgan fingerprint density at radius 3 is 2.27 bits per heavy atom. The Labute approximate surface area is 64.0 Å². The molecule has 0 heterocycles. The average molecular weight is 161 g/mol. The fraction of sp³-hybridized carbons (Fsp3) is 0.667. The second-order valence-electron chi connectivity index (χ2n) is 2.07. The van der Waals surface area contributed by atoms with Crippen molar-refractivity contribution in [3.05, 3.63) is 0 Å². The molecule has 0 aromatic rings. The Balaban J connectivity index is 3.70. The highest BCUT2D eigenvalue weighted by Gasteiger charge is 2.14. The van der Waals surface area contributed by atoms with Gasteiger partial charge in [-0.3, -0.25) is 14.9 Å². The van der Waals surface area contributed by atoms with E-state index in [2.05, 4.69) is 5.32 Å². The van der Waals surface area contributed by atoms with Crippen LogP contribution in [-0.4, -0.2) is 34.7 Å². The second-order valence-corrected chi connectivity index (χ2v) is 2.07. The van der Waals surface area contributed by atoms with Crippen LogP contribution < -0.4 is 5.32 Å². The van der Waals surface area contributed by atoms with E-state index in [0.717, 1.165) is 0 Å². The molecule has 64 valence electrons. The van der Waals surface area contributed by atoms with E-state index in [0.29, 0.717) is 6.42 Å². The normalized spacial score (nSPS) is 12.5. The van der Waals surface area contributed by atoms with Crippen LogP contribution in [0.15, 0.2) is 0 Å². The molecule has 0 rings (SSSR count). The molecule has 0 aliphatic carbocycles. The summed E-state index contributed by atoms with van der Waals surface area (Å²) in [5, 5.41) is 19.0. The number of nitrogens with one attached hydrogen (secondary N) is 1. The van der Waals surface area contributed by atoms with Crippen molar-refractivity contribution >= 4 is 11.9 Å². The van der Waals surface area contributed by atoms with E-state index in [1.54, 1.807) is 6.92 Å². The fourth-order valence-electron chi connectivity index (χ4n) is 0.617. The van der Waals surface area contributed by atoms with Gasteiger partial charge in [-0.15, -0.1) is 0 Å². The minimum absolute atomic E-state index is 0.315. The summed E-state index contributed by atoms with van der Waals surface area (Å²) in [4.78, 5) is 20.3. The molecule has 3 N–H and O–H groups in total. The third-order valence-corrected chi connectivity index (χ3v) is 1.21. The molecule has 1 unspecified atom stereocenters. The zero-order valence-corrected chi connectivity index (χ0v) is 6.20. The molecule has 11 heavy (non-hydrogen) atoms. The maximum atomic E-state index is 10.3. The van der Waals surface area contributed by atoms with Gasteiger partial charge in [-0.25, -0.2) is 0 Å². The van der Waals surface area contributed by atoms with Crippen LogP contribution in [0.5, 0.6) is 0 Å². The van der Waals surface area contributed by atoms with Crippen molar-refractivity contribution in [1.82, 2.24) is 5.32 Å². The summed E-state index contributed by atoms with van der Waals surface area (Å²) in [7, 11) is 0. The summed E-state index contributed by atoms with van der Waals surface area (Å²) in [5.41, 5.74) is 0. The van der Waals surface area contributed by atoms with E-state index in [9.17, 15) is 9.59 Å². The predicted octanol–water partition coefficient (Wildman–Crippen LogP) is -0.476. The monoisotopic (exact) mass is 161 g/mol. The number of carboxylic acids is 2. The number of carbonyl (C=O) groups is 2. The van der Waals surface area contributed by atoms with Gasteiger partial charge in [0.1, 0.15) is 6.04 Å². The first-order chi connectivity index (χ1) is 5.07. The van der Waals surface area contributed by atoms with Gasteiger partial charge in [0.05, 0.1) is 6.54 Å². The van der Waals surface area contributed by atoms with Crippen molar-refractivity contribution in [3.8, 4) is 0 Å². The van der Waals surface area contributed by atoms with Crippen molar-refractivity contribution in [2.45, 2.75) is 19.4 Å². The van der Waals surface area contributed by atoms with Gasteiger partial charge >= 0.3 is 11.9 Å². The lowest BCUT2D eigenvalue weighted by molar-refractivity contribution is -0.140. The first-order valence-electron chi connectivity index (χ1n) is 3.26. The van der Waals surface area contributed by atoms with Gasteiger partial charge in [0.2, 0.25) is 0 Å². The molecular formula is C6H11NO4. The molecule has 5 nitrogen and oxygen atoms in total. The summed E-state index contributed by atoms with van der Waals surface area (Å²) >= 11 is 0. The number of rotatable bonds is 5. The predicted molar refractivity (Wildman–Crippen MR) is 37.4 cm³/mol. The van der Waals surface area contributed by atoms with Gasteiger partial charge in [-0.2, -0.15) is 0 Å². The number of hydrogen-bond acceptors (Lipinski definition) is 3. The highest BCUT2D eigenvalue weighted by atomic mass is 16.4.